The number of anilines is 1. The lowest BCUT2D eigenvalue weighted by Gasteiger charge is -2.27. The second kappa shape index (κ2) is 12.0. The van der Waals surface area contributed by atoms with Crippen LogP contribution in [0.25, 0.3) is 11.1 Å². The van der Waals surface area contributed by atoms with Crippen molar-refractivity contribution in [2.24, 2.45) is 5.92 Å². The fourth-order valence-corrected chi connectivity index (χ4v) is 4.53. The molecule has 0 aromatic heterocycles. The van der Waals surface area contributed by atoms with Gasteiger partial charge in [-0.1, -0.05) is 79.9 Å². The predicted octanol–water partition coefficient (Wildman–Crippen LogP) is 8.63. The van der Waals surface area contributed by atoms with Crippen LogP contribution in [0.3, 0.4) is 0 Å². The van der Waals surface area contributed by atoms with E-state index in [4.69, 9.17) is 23.2 Å². The van der Waals surface area contributed by atoms with E-state index in [1.54, 1.807) is 42.5 Å². The zero-order valence-electron chi connectivity index (χ0n) is 20.0. The minimum Gasteiger partial charge on any atom is -0.481 e. The number of carbonyl (C=O) groups is 1. The molecular formula is C28H28Cl2F3NO2. The first-order valence-electron chi connectivity index (χ1n) is 11.7. The topological polar surface area (TPSA) is 49.3 Å². The summed E-state index contributed by atoms with van der Waals surface area (Å²) in [6.45, 7) is 3.22. The maximum absolute atomic E-state index is 13.7. The molecule has 3 nitrogen and oxygen atoms in total. The van der Waals surface area contributed by atoms with E-state index >= 15 is 0 Å². The lowest BCUT2D eigenvalue weighted by atomic mass is 9.86. The Bertz CT molecular complexity index is 1200. The molecule has 0 radical (unpaired) electrons. The SMILES string of the molecule is CCCc1ccc(CC(=O)O)c(-c2ccc(Cl)c(NCC(c3ccc(Cl)cc3)C(C)C(F)(F)F)c2)c1. The Hall–Kier alpha value is -2.70. The molecule has 2 N–H and O–H groups in total. The van der Waals surface area contributed by atoms with Crippen LogP contribution in [-0.2, 0) is 17.6 Å². The van der Waals surface area contributed by atoms with Crippen molar-refractivity contribution >= 4 is 34.9 Å². The van der Waals surface area contributed by atoms with Crippen molar-refractivity contribution in [2.75, 3.05) is 11.9 Å². The molecule has 0 aliphatic rings. The van der Waals surface area contributed by atoms with Crippen LogP contribution in [-0.4, -0.2) is 23.8 Å². The van der Waals surface area contributed by atoms with Crippen molar-refractivity contribution < 1.29 is 23.1 Å². The molecule has 0 fully saturated rings. The minimum atomic E-state index is -4.39. The minimum absolute atomic E-state index is 0.0106. The molecule has 0 amide bonds. The molecule has 0 bridgehead atoms. The van der Waals surface area contributed by atoms with Crippen LogP contribution in [0.1, 0.15) is 42.9 Å². The number of carboxylic acid groups (broad SMARTS) is 1. The molecule has 0 saturated heterocycles. The monoisotopic (exact) mass is 537 g/mol. The summed E-state index contributed by atoms with van der Waals surface area (Å²) >= 11 is 12.4. The van der Waals surface area contributed by atoms with Crippen LogP contribution < -0.4 is 5.32 Å². The molecule has 3 rings (SSSR count). The maximum atomic E-state index is 13.7. The molecule has 0 aliphatic carbocycles. The van der Waals surface area contributed by atoms with Gasteiger partial charge in [-0.05, 0) is 58.5 Å². The third kappa shape index (κ3) is 7.17. The lowest BCUT2D eigenvalue weighted by Crippen LogP contribution is -2.30. The summed E-state index contributed by atoms with van der Waals surface area (Å²) in [4.78, 5) is 11.4. The quantitative estimate of drug-likeness (QED) is 0.272. The van der Waals surface area contributed by atoms with Crippen LogP contribution in [0.15, 0.2) is 60.7 Å². The highest BCUT2D eigenvalue weighted by Crippen LogP contribution is 2.39. The van der Waals surface area contributed by atoms with Gasteiger partial charge in [0.1, 0.15) is 0 Å². The molecule has 3 aromatic carbocycles. The number of halogens is 5. The highest BCUT2D eigenvalue weighted by molar-refractivity contribution is 6.33. The number of aliphatic carboxylic acids is 1. The first-order chi connectivity index (χ1) is 17.0. The highest BCUT2D eigenvalue weighted by Gasteiger charge is 2.41. The largest absolute Gasteiger partial charge is 0.481 e. The number of carboxylic acids is 1. The Balaban J connectivity index is 1.95. The zero-order valence-corrected chi connectivity index (χ0v) is 21.5. The first-order valence-corrected chi connectivity index (χ1v) is 12.4. The van der Waals surface area contributed by atoms with Crippen molar-refractivity contribution in [3.05, 3.63) is 87.4 Å². The van der Waals surface area contributed by atoms with Gasteiger partial charge in [-0.25, -0.2) is 0 Å². The Morgan fingerprint density at radius 2 is 1.72 bits per heavy atom. The van der Waals surface area contributed by atoms with E-state index in [0.717, 1.165) is 36.5 Å². The fraction of sp³-hybridized carbons (Fsp3) is 0.321. The molecule has 8 heteroatoms. The predicted molar refractivity (Wildman–Crippen MR) is 140 cm³/mol. The van der Waals surface area contributed by atoms with Crippen LogP contribution in [0.2, 0.25) is 10.0 Å². The van der Waals surface area contributed by atoms with E-state index in [9.17, 15) is 23.1 Å². The highest BCUT2D eigenvalue weighted by atomic mass is 35.5. The van der Waals surface area contributed by atoms with E-state index in [-0.39, 0.29) is 13.0 Å². The average molecular weight is 538 g/mol. The van der Waals surface area contributed by atoms with E-state index in [0.29, 0.717) is 26.9 Å². The average Bonchev–Trinajstić information content (AvgIpc) is 2.81. The van der Waals surface area contributed by atoms with Crippen molar-refractivity contribution in [3.63, 3.8) is 0 Å². The van der Waals surface area contributed by atoms with Gasteiger partial charge in [0, 0.05) is 17.5 Å². The third-order valence-corrected chi connectivity index (χ3v) is 6.84. The smallest absolute Gasteiger partial charge is 0.392 e. The van der Waals surface area contributed by atoms with E-state index in [2.05, 4.69) is 12.2 Å². The van der Waals surface area contributed by atoms with Crippen LogP contribution in [0, 0.1) is 5.92 Å². The summed E-state index contributed by atoms with van der Waals surface area (Å²) in [7, 11) is 0. The molecule has 2 atom stereocenters. The van der Waals surface area contributed by atoms with E-state index < -0.39 is 24.0 Å². The summed E-state index contributed by atoms with van der Waals surface area (Å²) in [5, 5.41) is 13.3. The number of rotatable bonds is 10. The number of aryl methyl sites for hydroxylation is 1. The first kappa shape index (κ1) is 27.9. The number of hydrogen-bond donors (Lipinski definition) is 2. The van der Waals surface area contributed by atoms with Crippen molar-refractivity contribution in [2.45, 2.75) is 45.2 Å². The number of alkyl halides is 3. The van der Waals surface area contributed by atoms with Gasteiger partial charge in [0.15, 0.2) is 0 Å². The number of benzene rings is 3. The maximum Gasteiger partial charge on any atom is 0.392 e. The van der Waals surface area contributed by atoms with Gasteiger partial charge in [0.05, 0.1) is 23.0 Å². The summed E-state index contributed by atoms with van der Waals surface area (Å²) in [5.74, 6) is -3.43. The van der Waals surface area contributed by atoms with E-state index in [1.807, 2.05) is 18.2 Å². The molecule has 0 aliphatic heterocycles. The number of nitrogens with one attached hydrogen (secondary N) is 1. The Labute approximate surface area is 219 Å². The second-order valence-electron chi connectivity index (χ2n) is 8.88. The van der Waals surface area contributed by atoms with Crippen LogP contribution in [0.5, 0.6) is 0 Å². The molecule has 0 saturated carbocycles. The molecule has 3 aromatic rings. The molecule has 36 heavy (non-hydrogen) atoms. The van der Waals surface area contributed by atoms with Gasteiger partial charge in [-0.15, -0.1) is 0 Å². The van der Waals surface area contributed by atoms with Gasteiger partial charge in [0.2, 0.25) is 0 Å². The van der Waals surface area contributed by atoms with E-state index in [1.165, 1.54) is 0 Å². The fourth-order valence-electron chi connectivity index (χ4n) is 4.22. The van der Waals surface area contributed by atoms with Gasteiger partial charge in [0.25, 0.3) is 0 Å². The molecule has 192 valence electrons. The summed E-state index contributed by atoms with van der Waals surface area (Å²) < 4.78 is 41.0. The molecule has 0 spiro atoms. The number of hydrogen-bond acceptors (Lipinski definition) is 2. The van der Waals surface area contributed by atoms with Crippen LogP contribution >= 0.6 is 23.2 Å². The van der Waals surface area contributed by atoms with Gasteiger partial charge in [-0.3, -0.25) is 4.79 Å². The zero-order chi connectivity index (χ0) is 26.5. The van der Waals surface area contributed by atoms with Gasteiger partial charge >= 0.3 is 12.1 Å². The van der Waals surface area contributed by atoms with Crippen molar-refractivity contribution in [1.29, 1.82) is 0 Å². The summed E-state index contributed by atoms with van der Waals surface area (Å²) in [5.41, 5.74) is 4.22. The molecule has 2 unspecified atom stereocenters. The Kier molecular flexibility index (Phi) is 9.31. The summed E-state index contributed by atoms with van der Waals surface area (Å²) in [6, 6.07) is 17.3. The standard InChI is InChI=1S/C28H28Cl2F3NO2/c1-3-4-18-5-6-21(15-27(35)36)23(13-18)20-9-12-25(30)26(14-20)34-16-24(17(2)28(31,32)33)19-7-10-22(29)11-8-19/h5-14,17,24,34H,3-4,15-16H2,1-2H3,(H,35,36). The third-order valence-electron chi connectivity index (χ3n) is 6.26. The van der Waals surface area contributed by atoms with Gasteiger partial charge in [-0.2, -0.15) is 13.2 Å². The molecular weight excluding hydrogens is 510 g/mol. The van der Waals surface area contributed by atoms with Crippen molar-refractivity contribution in [1.82, 2.24) is 0 Å². The normalized spacial score (nSPS) is 13.3. The second-order valence-corrected chi connectivity index (χ2v) is 9.72. The molecule has 0 heterocycles. The Morgan fingerprint density at radius 1 is 1.03 bits per heavy atom. The lowest BCUT2D eigenvalue weighted by molar-refractivity contribution is -0.174. The van der Waals surface area contributed by atoms with Crippen LogP contribution in [0.4, 0.5) is 18.9 Å². The summed E-state index contributed by atoms with van der Waals surface area (Å²) in [6.07, 6.45) is -2.75. The van der Waals surface area contributed by atoms with Crippen molar-refractivity contribution in [3.8, 4) is 11.1 Å². The Morgan fingerprint density at radius 3 is 2.33 bits per heavy atom. The van der Waals surface area contributed by atoms with Gasteiger partial charge < -0.3 is 10.4 Å².